The lowest BCUT2D eigenvalue weighted by atomic mass is 10.3. The summed E-state index contributed by atoms with van der Waals surface area (Å²) in [5.41, 5.74) is 1.96. The Labute approximate surface area is 191 Å². The standard InChI is InChI=1S/C22H25ClN2O7/c1-4-29-22(28)25(21(27)20(26)24-30-5-2)14-15(3)31-17-9-11-18(12-10-17)32-19-8-6-7-16(23)13-19/h6-13,15H,4-5,14H2,1-3H3,(H,24,26). The first-order chi connectivity index (χ1) is 15.3. The Morgan fingerprint density at radius 1 is 1.00 bits per heavy atom. The molecule has 2 rings (SSSR count). The first-order valence-electron chi connectivity index (χ1n) is 9.94. The van der Waals surface area contributed by atoms with E-state index in [-0.39, 0.29) is 19.8 Å². The molecule has 1 atom stereocenters. The molecule has 1 N–H and O–H groups in total. The molecule has 2 aromatic rings. The molecule has 0 aliphatic heterocycles. The lowest BCUT2D eigenvalue weighted by Crippen LogP contribution is -2.49. The predicted octanol–water partition coefficient (Wildman–Crippen LogP) is 3.95. The molecule has 172 valence electrons. The van der Waals surface area contributed by atoms with Crippen LogP contribution >= 0.6 is 11.6 Å². The van der Waals surface area contributed by atoms with Gasteiger partial charge in [-0.3, -0.25) is 14.4 Å². The predicted molar refractivity (Wildman–Crippen MR) is 117 cm³/mol. The van der Waals surface area contributed by atoms with Crippen LogP contribution in [-0.4, -0.2) is 48.7 Å². The van der Waals surface area contributed by atoms with Gasteiger partial charge in [-0.25, -0.2) is 15.2 Å². The summed E-state index contributed by atoms with van der Waals surface area (Å²) >= 11 is 5.95. The van der Waals surface area contributed by atoms with E-state index < -0.39 is 24.0 Å². The van der Waals surface area contributed by atoms with Crippen molar-refractivity contribution in [1.82, 2.24) is 10.4 Å². The van der Waals surface area contributed by atoms with Gasteiger partial charge >= 0.3 is 17.9 Å². The highest BCUT2D eigenvalue weighted by Crippen LogP contribution is 2.26. The topological polar surface area (TPSA) is 103 Å². The van der Waals surface area contributed by atoms with Crippen LogP contribution in [0.3, 0.4) is 0 Å². The Hall–Kier alpha value is -3.30. The van der Waals surface area contributed by atoms with Gasteiger partial charge in [0.25, 0.3) is 0 Å². The van der Waals surface area contributed by atoms with E-state index >= 15 is 0 Å². The van der Waals surface area contributed by atoms with Gasteiger partial charge in [-0.2, -0.15) is 0 Å². The SMILES string of the molecule is CCONC(=O)C(=O)N(CC(C)Oc1ccc(Oc2cccc(Cl)c2)cc1)C(=O)OCC. The van der Waals surface area contributed by atoms with Gasteiger partial charge in [-0.1, -0.05) is 17.7 Å². The molecule has 10 heteroatoms. The van der Waals surface area contributed by atoms with E-state index in [1.54, 1.807) is 69.3 Å². The maximum absolute atomic E-state index is 12.3. The van der Waals surface area contributed by atoms with Gasteiger partial charge in [0.05, 0.1) is 19.8 Å². The Kier molecular flexibility index (Phi) is 9.77. The van der Waals surface area contributed by atoms with E-state index in [1.165, 1.54) is 0 Å². The fraction of sp³-hybridized carbons (Fsp3) is 0.318. The van der Waals surface area contributed by atoms with E-state index in [9.17, 15) is 14.4 Å². The highest BCUT2D eigenvalue weighted by Gasteiger charge is 2.30. The molecule has 0 fully saturated rings. The molecule has 0 aromatic heterocycles. The van der Waals surface area contributed by atoms with Crippen molar-refractivity contribution < 1.29 is 33.4 Å². The van der Waals surface area contributed by atoms with Crippen LogP contribution in [0.2, 0.25) is 5.02 Å². The zero-order chi connectivity index (χ0) is 23.5. The van der Waals surface area contributed by atoms with E-state index in [2.05, 4.69) is 0 Å². The molecule has 0 saturated carbocycles. The van der Waals surface area contributed by atoms with Gasteiger partial charge in [0.1, 0.15) is 23.4 Å². The van der Waals surface area contributed by atoms with Gasteiger partial charge in [-0.15, -0.1) is 0 Å². The number of carbonyl (C=O) groups is 3. The van der Waals surface area contributed by atoms with Crippen LogP contribution in [0.15, 0.2) is 48.5 Å². The quantitative estimate of drug-likeness (QED) is 0.442. The molecule has 2 aromatic carbocycles. The van der Waals surface area contributed by atoms with Gasteiger partial charge in [0.2, 0.25) is 0 Å². The maximum atomic E-state index is 12.3. The second-order valence-corrected chi connectivity index (χ2v) is 6.87. The summed E-state index contributed by atoms with van der Waals surface area (Å²) in [5.74, 6) is -0.560. The highest BCUT2D eigenvalue weighted by atomic mass is 35.5. The minimum Gasteiger partial charge on any atom is -0.489 e. The fourth-order valence-electron chi connectivity index (χ4n) is 2.53. The zero-order valence-electron chi connectivity index (χ0n) is 18.0. The third-order valence-electron chi connectivity index (χ3n) is 3.87. The third-order valence-corrected chi connectivity index (χ3v) is 4.10. The molecule has 0 saturated heterocycles. The molecule has 0 spiro atoms. The fourth-order valence-corrected chi connectivity index (χ4v) is 2.71. The van der Waals surface area contributed by atoms with Crippen molar-refractivity contribution in [2.24, 2.45) is 0 Å². The summed E-state index contributed by atoms with van der Waals surface area (Å²) in [5, 5.41) is 0.562. The summed E-state index contributed by atoms with van der Waals surface area (Å²) in [6.45, 7) is 4.87. The number of ether oxygens (including phenoxy) is 3. The number of imide groups is 1. The van der Waals surface area contributed by atoms with Crippen LogP contribution in [-0.2, 0) is 19.2 Å². The van der Waals surface area contributed by atoms with Gasteiger partial charge < -0.3 is 14.2 Å². The van der Waals surface area contributed by atoms with E-state index in [1.807, 2.05) is 5.48 Å². The van der Waals surface area contributed by atoms with Crippen molar-refractivity contribution in [3.8, 4) is 17.2 Å². The van der Waals surface area contributed by atoms with Crippen molar-refractivity contribution >= 4 is 29.5 Å². The van der Waals surface area contributed by atoms with Gasteiger partial charge in [0.15, 0.2) is 0 Å². The van der Waals surface area contributed by atoms with Crippen molar-refractivity contribution in [1.29, 1.82) is 0 Å². The minimum atomic E-state index is -1.11. The Morgan fingerprint density at radius 2 is 1.69 bits per heavy atom. The minimum absolute atomic E-state index is 0.0407. The van der Waals surface area contributed by atoms with Crippen molar-refractivity contribution in [3.05, 3.63) is 53.6 Å². The zero-order valence-corrected chi connectivity index (χ0v) is 18.8. The summed E-state index contributed by atoms with van der Waals surface area (Å²) in [6.07, 6.45) is -1.59. The molecular formula is C22H25ClN2O7. The molecule has 0 radical (unpaired) electrons. The number of benzene rings is 2. The van der Waals surface area contributed by atoms with E-state index in [0.29, 0.717) is 27.2 Å². The van der Waals surface area contributed by atoms with Crippen LogP contribution < -0.4 is 15.0 Å². The van der Waals surface area contributed by atoms with Gasteiger partial charge in [-0.05, 0) is 63.2 Å². The molecule has 1 unspecified atom stereocenters. The normalized spacial score (nSPS) is 11.2. The smallest absolute Gasteiger partial charge is 0.417 e. The van der Waals surface area contributed by atoms with E-state index in [4.69, 9.17) is 30.6 Å². The second-order valence-electron chi connectivity index (χ2n) is 6.44. The molecular weight excluding hydrogens is 440 g/mol. The summed E-state index contributed by atoms with van der Waals surface area (Å²) in [7, 11) is 0. The first kappa shape index (κ1) is 25.0. The maximum Gasteiger partial charge on any atom is 0.417 e. The van der Waals surface area contributed by atoms with Crippen molar-refractivity contribution in [3.63, 3.8) is 0 Å². The number of rotatable bonds is 9. The third kappa shape index (κ3) is 7.75. The molecule has 9 nitrogen and oxygen atoms in total. The van der Waals surface area contributed by atoms with Crippen LogP contribution in [0.4, 0.5) is 4.79 Å². The number of halogens is 1. The first-order valence-corrected chi connectivity index (χ1v) is 10.3. The lowest BCUT2D eigenvalue weighted by molar-refractivity contribution is -0.152. The molecule has 3 amide bonds. The number of nitrogens with one attached hydrogen (secondary N) is 1. The Balaban J connectivity index is 2.00. The Bertz CT molecular complexity index is 921. The Morgan fingerprint density at radius 3 is 2.31 bits per heavy atom. The lowest BCUT2D eigenvalue weighted by Gasteiger charge is -2.23. The average Bonchev–Trinajstić information content (AvgIpc) is 2.77. The van der Waals surface area contributed by atoms with Gasteiger partial charge in [0, 0.05) is 5.02 Å². The highest BCUT2D eigenvalue weighted by molar-refractivity contribution is 6.37. The largest absolute Gasteiger partial charge is 0.489 e. The number of amides is 3. The number of hydrogen-bond donors (Lipinski definition) is 1. The molecule has 0 bridgehead atoms. The van der Waals surface area contributed by atoms with Crippen LogP contribution in [0, 0.1) is 0 Å². The summed E-state index contributed by atoms with van der Waals surface area (Å²) < 4.78 is 16.4. The second kappa shape index (κ2) is 12.5. The molecule has 0 heterocycles. The average molecular weight is 465 g/mol. The monoisotopic (exact) mass is 464 g/mol. The van der Waals surface area contributed by atoms with Crippen molar-refractivity contribution in [2.75, 3.05) is 19.8 Å². The van der Waals surface area contributed by atoms with Crippen LogP contribution in [0.25, 0.3) is 0 Å². The van der Waals surface area contributed by atoms with E-state index in [0.717, 1.165) is 0 Å². The molecule has 0 aliphatic carbocycles. The molecule has 32 heavy (non-hydrogen) atoms. The number of hydrogen-bond acceptors (Lipinski definition) is 7. The van der Waals surface area contributed by atoms with Crippen LogP contribution in [0.1, 0.15) is 20.8 Å². The van der Waals surface area contributed by atoms with Crippen molar-refractivity contribution in [2.45, 2.75) is 26.9 Å². The summed E-state index contributed by atoms with van der Waals surface area (Å²) in [6, 6.07) is 13.8. The molecule has 0 aliphatic rings. The van der Waals surface area contributed by atoms with Crippen LogP contribution in [0.5, 0.6) is 17.2 Å². The number of nitrogens with zero attached hydrogens (tertiary/aromatic N) is 1. The summed E-state index contributed by atoms with van der Waals surface area (Å²) in [4.78, 5) is 41.8. The number of hydroxylamine groups is 1. The number of carbonyl (C=O) groups excluding carboxylic acids is 3.